The summed E-state index contributed by atoms with van der Waals surface area (Å²) in [6.07, 6.45) is 4.07. The quantitative estimate of drug-likeness (QED) is 0.821. The highest BCUT2D eigenvalue weighted by Crippen LogP contribution is 2.21. The third-order valence-electron chi connectivity index (χ3n) is 3.14. The zero-order valence-corrected chi connectivity index (χ0v) is 11.3. The Morgan fingerprint density at radius 2 is 2.16 bits per heavy atom. The number of aliphatic hydroxyl groups excluding tert-OH is 1. The van der Waals surface area contributed by atoms with Crippen molar-refractivity contribution in [2.45, 2.75) is 24.3 Å². The van der Waals surface area contributed by atoms with Crippen LogP contribution in [0.3, 0.4) is 0 Å². The molecule has 1 aliphatic rings. The van der Waals surface area contributed by atoms with Crippen LogP contribution in [0, 0.1) is 18.7 Å². The summed E-state index contributed by atoms with van der Waals surface area (Å²) in [5, 5.41) is 9.00. The topological polar surface area (TPSA) is 66.4 Å². The molecule has 19 heavy (non-hydrogen) atoms. The first-order valence-corrected chi connectivity index (χ1v) is 7.48. The molecule has 0 aliphatic heterocycles. The monoisotopic (exact) mass is 285 g/mol. The van der Waals surface area contributed by atoms with E-state index < -0.39 is 15.8 Å². The summed E-state index contributed by atoms with van der Waals surface area (Å²) >= 11 is 0. The number of rotatable bonds is 4. The number of halogens is 1. The third-order valence-corrected chi connectivity index (χ3v) is 4.79. The lowest BCUT2D eigenvalue weighted by Gasteiger charge is -2.14. The zero-order chi connectivity index (χ0) is 14.0. The molecule has 0 spiro atoms. The van der Waals surface area contributed by atoms with Crippen LogP contribution in [-0.4, -0.2) is 26.2 Å². The van der Waals surface area contributed by atoms with Gasteiger partial charge in [-0.1, -0.05) is 12.2 Å². The molecule has 104 valence electrons. The molecule has 0 unspecified atom stereocenters. The first-order chi connectivity index (χ1) is 8.92. The second kappa shape index (κ2) is 5.40. The molecule has 2 atom stereocenters. The molecule has 0 saturated carbocycles. The molecule has 1 aromatic carbocycles. The minimum Gasteiger partial charge on any atom is -0.396 e. The Kier molecular flexibility index (Phi) is 4.03. The molecule has 2 rings (SSSR count). The number of aliphatic hydroxyl groups is 1. The molecule has 1 aromatic rings. The Balaban J connectivity index is 2.17. The molecule has 0 radical (unpaired) electrons. The SMILES string of the molecule is Cc1cc(F)ccc1S(=O)(=O)N[C@@H]1C=C[C@H](CO)C1. The van der Waals surface area contributed by atoms with Crippen LogP contribution in [0.4, 0.5) is 4.39 Å². The highest BCUT2D eigenvalue weighted by molar-refractivity contribution is 7.89. The Bertz CT molecular complexity index is 598. The molecule has 0 aromatic heterocycles. The van der Waals surface area contributed by atoms with E-state index in [-0.39, 0.29) is 23.5 Å². The average molecular weight is 285 g/mol. The van der Waals surface area contributed by atoms with Gasteiger partial charge in [0.05, 0.1) is 4.90 Å². The second-order valence-corrected chi connectivity index (χ2v) is 6.38. The summed E-state index contributed by atoms with van der Waals surface area (Å²) < 4.78 is 39.9. The summed E-state index contributed by atoms with van der Waals surface area (Å²) in [6, 6.07) is 3.25. The largest absolute Gasteiger partial charge is 0.396 e. The molecule has 0 saturated heterocycles. The Labute approximate surface area is 112 Å². The zero-order valence-electron chi connectivity index (χ0n) is 10.5. The summed E-state index contributed by atoms with van der Waals surface area (Å²) in [7, 11) is -3.67. The van der Waals surface area contributed by atoms with Gasteiger partial charge in [0.1, 0.15) is 5.82 Å². The molecule has 0 fully saturated rings. The van der Waals surface area contributed by atoms with Crippen molar-refractivity contribution in [2.24, 2.45) is 5.92 Å². The highest BCUT2D eigenvalue weighted by atomic mass is 32.2. The fourth-order valence-electron chi connectivity index (χ4n) is 2.17. The molecular weight excluding hydrogens is 269 g/mol. The van der Waals surface area contributed by atoms with Crippen molar-refractivity contribution in [2.75, 3.05) is 6.61 Å². The van der Waals surface area contributed by atoms with E-state index in [9.17, 15) is 12.8 Å². The molecule has 0 bridgehead atoms. The Hall–Kier alpha value is -1.24. The number of benzene rings is 1. The minimum absolute atomic E-state index is 0.00427. The smallest absolute Gasteiger partial charge is 0.241 e. The van der Waals surface area contributed by atoms with Gasteiger partial charge in [0.15, 0.2) is 0 Å². The number of hydrogen-bond acceptors (Lipinski definition) is 3. The van der Waals surface area contributed by atoms with Gasteiger partial charge in [-0.15, -0.1) is 0 Å². The van der Waals surface area contributed by atoms with E-state index in [4.69, 9.17) is 5.11 Å². The first kappa shape index (κ1) is 14.2. The van der Waals surface area contributed by atoms with Crippen LogP contribution in [0.5, 0.6) is 0 Å². The summed E-state index contributed by atoms with van der Waals surface area (Å²) in [4.78, 5) is 0.0785. The lowest BCUT2D eigenvalue weighted by atomic mass is 10.1. The van der Waals surface area contributed by atoms with Crippen molar-refractivity contribution in [3.63, 3.8) is 0 Å². The summed E-state index contributed by atoms with van der Waals surface area (Å²) in [6.45, 7) is 1.56. The van der Waals surface area contributed by atoms with Crippen LogP contribution in [0.25, 0.3) is 0 Å². The van der Waals surface area contributed by atoms with Crippen LogP contribution < -0.4 is 4.72 Å². The van der Waals surface area contributed by atoms with Gasteiger partial charge in [-0.2, -0.15) is 0 Å². The van der Waals surface area contributed by atoms with Crippen LogP contribution in [0.15, 0.2) is 35.2 Å². The first-order valence-electron chi connectivity index (χ1n) is 6.00. The fraction of sp³-hybridized carbons (Fsp3) is 0.385. The molecule has 1 aliphatic carbocycles. The van der Waals surface area contributed by atoms with Crippen molar-refractivity contribution in [3.05, 3.63) is 41.7 Å². The van der Waals surface area contributed by atoms with Gasteiger partial charge < -0.3 is 5.11 Å². The van der Waals surface area contributed by atoms with E-state index in [2.05, 4.69) is 4.72 Å². The highest BCUT2D eigenvalue weighted by Gasteiger charge is 2.25. The Morgan fingerprint density at radius 1 is 1.42 bits per heavy atom. The van der Waals surface area contributed by atoms with E-state index in [0.29, 0.717) is 12.0 Å². The van der Waals surface area contributed by atoms with E-state index in [1.54, 1.807) is 19.1 Å². The van der Waals surface area contributed by atoms with Crippen LogP contribution in [0.2, 0.25) is 0 Å². The number of nitrogens with one attached hydrogen (secondary N) is 1. The molecular formula is C13H16FNO3S. The average Bonchev–Trinajstić information content (AvgIpc) is 2.75. The molecule has 0 amide bonds. The fourth-order valence-corrected chi connectivity index (χ4v) is 3.60. The van der Waals surface area contributed by atoms with E-state index >= 15 is 0 Å². The van der Waals surface area contributed by atoms with Gasteiger partial charge in [-0.25, -0.2) is 17.5 Å². The molecule has 6 heteroatoms. The van der Waals surface area contributed by atoms with Gasteiger partial charge in [-0.3, -0.25) is 0 Å². The number of sulfonamides is 1. The summed E-state index contributed by atoms with van der Waals surface area (Å²) in [5.41, 5.74) is 0.369. The van der Waals surface area contributed by atoms with Gasteiger partial charge in [0.25, 0.3) is 0 Å². The standard InChI is InChI=1S/C13H16FNO3S/c1-9-6-11(14)3-5-13(9)19(17,18)15-12-4-2-10(7-12)8-16/h2-6,10,12,15-16H,7-8H2,1H3/t10-,12+/m0/s1. The van der Waals surface area contributed by atoms with Gasteiger partial charge in [-0.05, 0) is 37.1 Å². The van der Waals surface area contributed by atoms with E-state index in [0.717, 1.165) is 6.07 Å². The minimum atomic E-state index is -3.67. The van der Waals surface area contributed by atoms with Crippen molar-refractivity contribution in [3.8, 4) is 0 Å². The lowest BCUT2D eigenvalue weighted by molar-refractivity contribution is 0.248. The predicted octanol–water partition coefficient (Wildman–Crippen LogP) is 1.35. The maximum absolute atomic E-state index is 13.0. The molecule has 4 nitrogen and oxygen atoms in total. The molecule has 0 heterocycles. The van der Waals surface area contributed by atoms with Crippen molar-refractivity contribution in [1.29, 1.82) is 0 Å². The summed E-state index contributed by atoms with van der Waals surface area (Å²) in [5.74, 6) is -0.473. The normalized spacial score (nSPS) is 22.9. The van der Waals surface area contributed by atoms with Crippen molar-refractivity contribution < 1.29 is 17.9 Å². The van der Waals surface area contributed by atoms with Crippen molar-refractivity contribution in [1.82, 2.24) is 4.72 Å². The van der Waals surface area contributed by atoms with Crippen molar-refractivity contribution >= 4 is 10.0 Å². The lowest BCUT2D eigenvalue weighted by Crippen LogP contribution is -2.33. The number of aryl methyl sites for hydroxylation is 1. The molecule has 2 N–H and O–H groups in total. The second-order valence-electron chi connectivity index (χ2n) is 4.70. The van der Waals surface area contributed by atoms with Gasteiger partial charge in [0, 0.05) is 18.6 Å². The maximum atomic E-state index is 13.0. The van der Waals surface area contributed by atoms with Crippen LogP contribution in [0.1, 0.15) is 12.0 Å². The van der Waals surface area contributed by atoms with Crippen LogP contribution in [-0.2, 0) is 10.0 Å². The van der Waals surface area contributed by atoms with E-state index in [1.165, 1.54) is 12.1 Å². The predicted molar refractivity (Wildman–Crippen MR) is 69.6 cm³/mol. The maximum Gasteiger partial charge on any atom is 0.241 e. The van der Waals surface area contributed by atoms with Crippen LogP contribution >= 0.6 is 0 Å². The van der Waals surface area contributed by atoms with Gasteiger partial charge in [0.2, 0.25) is 10.0 Å². The van der Waals surface area contributed by atoms with Gasteiger partial charge >= 0.3 is 0 Å². The van der Waals surface area contributed by atoms with E-state index in [1.807, 2.05) is 0 Å². The third kappa shape index (κ3) is 3.20. The number of hydrogen-bond donors (Lipinski definition) is 2. The Morgan fingerprint density at radius 3 is 2.74 bits per heavy atom.